The van der Waals surface area contributed by atoms with Crippen LogP contribution in [-0.4, -0.2) is 68.9 Å². The summed E-state index contributed by atoms with van der Waals surface area (Å²) in [5.74, 6) is -1.66. The van der Waals surface area contributed by atoms with Gasteiger partial charge in [0, 0.05) is 11.4 Å². The molecular weight excluding hydrogens is 651 g/mol. The summed E-state index contributed by atoms with van der Waals surface area (Å²) in [6.07, 6.45) is 0.0418. The first kappa shape index (κ1) is 35.7. The molecule has 254 valence electrons. The quantitative estimate of drug-likeness (QED) is 0.128. The highest BCUT2D eigenvalue weighted by molar-refractivity contribution is 7.99. The van der Waals surface area contributed by atoms with Crippen LogP contribution in [0.3, 0.4) is 0 Å². The lowest BCUT2D eigenvalue weighted by Crippen LogP contribution is -2.67. The lowest BCUT2D eigenvalue weighted by Gasteiger charge is -2.48. The zero-order valence-corrected chi connectivity index (χ0v) is 29.0. The van der Waals surface area contributed by atoms with Crippen molar-refractivity contribution in [2.45, 2.75) is 74.8 Å². The lowest BCUT2D eigenvalue weighted by molar-refractivity contribution is -0.207. The van der Waals surface area contributed by atoms with Gasteiger partial charge in [-0.15, -0.1) is 16.5 Å². The smallest absolute Gasteiger partial charge is 0.338 e. The largest absolute Gasteiger partial charge is 0.598 e. The minimum atomic E-state index is -1.55. The van der Waals surface area contributed by atoms with Crippen LogP contribution in [-0.2, 0) is 30.3 Å². The molecule has 9 nitrogen and oxygen atoms in total. The number of allylic oxidation sites excluding steroid dienone is 1. The van der Waals surface area contributed by atoms with Gasteiger partial charge in [-0.25, -0.2) is 14.4 Å². The number of nitrogens with one attached hydrogen (secondary N) is 1. The van der Waals surface area contributed by atoms with Crippen LogP contribution < -0.4 is 4.72 Å². The van der Waals surface area contributed by atoms with Gasteiger partial charge in [0.2, 0.25) is 0 Å². The minimum absolute atomic E-state index is 0.253. The number of carbonyl (C=O) groups is 3. The van der Waals surface area contributed by atoms with Crippen LogP contribution in [0.4, 0.5) is 0 Å². The number of hydrogen-bond acceptors (Lipinski definition) is 10. The van der Waals surface area contributed by atoms with E-state index in [1.165, 1.54) is 11.8 Å². The van der Waals surface area contributed by atoms with Crippen molar-refractivity contribution in [2.75, 3.05) is 5.75 Å². The third-order valence-electron chi connectivity index (χ3n) is 8.01. The summed E-state index contributed by atoms with van der Waals surface area (Å²) in [6.45, 7) is 7.53. The predicted octanol–water partition coefficient (Wildman–Crippen LogP) is 6.14. The van der Waals surface area contributed by atoms with Crippen molar-refractivity contribution in [1.82, 2.24) is 4.72 Å². The highest BCUT2D eigenvalue weighted by Crippen LogP contribution is 2.39. The molecule has 0 unspecified atom stereocenters. The van der Waals surface area contributed by atoms with E-state index in [0.717, 1.165) is 0 Å². The standard InChI is InChI=1S/C37H41NO8S2/c1-24-16-14-15-23-47-36-32(45-35(41)27-21-12-7-13-22-27)31(44-34(40)26-19-10-6-11-20-26)30(43-33(39)25-17-8-5-9-18-25)29(46-36)28(24)38-48(42)37(2,3)4/h5-14,16-22,24,28-32,36,38H,15,23H2,1-4H3/b16-14+/t24-,28+,29+,30-,31-,32+,36+,48+/m0/s1. The van der Waals surface area contributed by atoms with Crippen molar-refractivity contribution in [3.8, 4) is 0 Å². The summed E-state index contributed by atoms with van der Waals surface area (Å²) in [7, 11) is 0. The van der Waals surface area contributed by atoms with E-state index in [4.69, 9.17) is 18.9 Å². The Morgan fingerprint density at radius 1 is 0.771 bits per heavy atom. The zero-order valence-electron chi connectivity index (χ0n) is 27.4. The molecule has 1 N–H and O–H groups in total. The number of ether oxygens (including phenoxy) is 4. The van der Waals surface area contributed by atoms with Crippen LogP contribution in [0.1, 0.15) is 65.2 Å². The summed E-state index contributed by atoms with van der Waals surface area (Å²) < 4.78 is 41.6. The second-order valence-electron chi connectivity index (χ2n) is 12.6. The number of hydrogen-bond donors (Lipinski definition) is 1. The molecule has 0 spiro atoms. The van der Waals surface area contributed by atoms with Crippen molar-refractivity contribution >= 4 is 41.0 Å². The van der Waals surface area contributed by atoms with E-state index in [0.29, 0.717) is 17.7 Å². The maximum atomic E-state index is 13.7. The predicted molar refractivity (Wildman–Crippen MR) is 186 cm³/mol. The normalized spacial score (nSPS) is 27.1. The molecular formula is C37H41NO8S2. The van der Waals surface area contributed by atoms with E-state index in [9.17, 15) is 18.9 Å². The summed E-state index contributed by atoms with van der Waals surface area (Å²) in [6, 6.07) is 24.7. The molecule has 0 aromatic heterocycles. The molecule has 2 aliphatic heterocycles. The molecule has 1 saturated heterocycles. The monoisotopic (exact) mass is 691 g/mol. The zero-order chi connectivity index (χ0) is 34.3. The molecule has 2 bridgehead atoms. The van der Waals surface area contributed by atoms with Crippen molar-refractivity contribution in [1.29, 1.82) is 0 Å². The average Bonchev–Trinajstić information content (AvgIpc) is 3.09. The molecule has 1 fully saturated rings. The molecule has 2 aliphatic rings. The van der Waals surface area contributed by atoms with Gasteiger partial charge in [0.1, 0.15) is 16.3 Å². The van der Waals surface area contributed by atoms with E-state index in [1.54, 1.807) is 91.0 Å². The molecule has 0 radical (unpaired) electrons. The van der Waals surface area contributed by atoms with Gasteiger partial charge in [-0.2, -0.15) is 0 Å². The van der Waals surface area contributed by atoms with Crippen LogP contribution in [0.15, 0.2) is 103 Å². The van der Waals surface area contributed by atoms with E-state index < -0.39 is 69.9 Å². The lowest BCUT2D eigenvalue weighted by atomic mass is 9.87. The third-order valence-corrected chi connectivity index (χ3v) is 10.8. The Hall–Kier alpha value is -3.61. The fourth-order valence-corrected chi connectivity index (χ4v) is 7.47. The molecule has 48 heavy (non-hydrogen) atoms. The number of rotatable bonds is 8. The molecule has 0 amide bonds. The molecule has 3 aromatic carbocycles. The van der Waals surface area contributed by atoms with Gasteiger partial charge < -0.3 is 23.5 Å². The van der Waals surface area contributed by atoms with Gasteiger partial charge in [-0.1, -0.05) is 73.7 Å². The highest BCUT2D eigenvalue weighted by Gasteiger charge is 2.56. The van der Waals surface area contributed by atoms with E-state index in [2.05, 4.69) is 10.8 Å². The number of esters is 3. The summed E-state index contributed by atoms with van der Waals surface area (Å²) in [5.41, 5.74) is 0.0172. The van der Waals surface area contributed by atoms with Crippen LogP contribution in [0.25, 0.3) is 0 Å². The van der Waals surface area contributed by atoms with Crippen LogP contribution in [0.2, 0.25) is 0 Å². The molecule has 0 aliphatic carbocycles. The number of carbonyl (C=O) groups excluding carboxylic acids is 3. The molecule has 8 atom stereocenters. The highest BCUT2D eigenvalue weighted by atomic mass is 32.2. The van der Waals surface area contributed by atoms with Gasteiger partial charge in [0.05, 0.1) is 22.7 Å². The van der Waals surface area contributed by atoms with Gasteiger partial charge in [0.15, 0.2) is 18.3 Å². The maximum absolute atomic E-state index is 13.7. The first-order chi connectivity index (χ1) is 23.0. The average molecular weight is 692 g/mol. The van der Waals surface area contributed by atoms with Crippen molar-refractivity contribution in [2.24, 2.45) is 5.92 Å². The van der Waals surface area contributed by atoms with Crippen molar-refractivity contribution in [3.05, 3.63) is 120 Å². The second kappa shape index (κ2) is 16.2. The second-order valence-corrected chi connectivity index (χ2v) is 15.9. The van der Waals surface area contributed by atoms with E-state index >= 15 is 0 Å². The first-order valence-electron chi connectivity index (χ1n) is 15.9. The minimum Gasteiger partial charge on any atom is -0.598 e. The topological polar surface area (TPSA) is 123 Å². The SMILES string of the molecule is C[C@H]1/C=C/CCS[C@H]2O[C@H]([C@@H]1N[S@+]([O-])C(C)(C)C)[C@H](OC(=O)c1ccccc1)[C@H](OC(=O)c1ccccc1)[C@H]2OC(=O)c1ccccc1. The summed E-state index contributed by atoms with van der Waals surface area (Å²) in [4.78, 5) is 41.1. The van der Waals surface area contributed by atoms with Gasteiger partial charge in [-0.05, 0) is 75.3 Å². The fourth-order valence-electron chi connectivity index (χ4n) is 5.41. The summed E-state index contributed by atoms with van der Waals surface area (Å²) >= 11 is -0.145. The van der Waals surface area contributed by atoms with Gasteiger partial charge in [-0.3, -0.25) is 0 Å². The van der Waals surface area contributed by atoms with Crippen molar-refractivity contribution in [3.63, 3.8) is 0 Å². The molecule has 5 rings (SSSR count). The number of benzene rings is 3. The molecule has 0 saturated carbocycles. The van der Waals surface area contributed by atoms with Gasteiger partial charge in [0.25, 0.3) is 0 Å². The molecule has 3 aromatic rings. The number of thioether (sulfide) groups is 1. The van der Waals surface area contributed by atoms with Gasteiger partial charge >= 0.3 is 17.9 Å². The van der Waals surface area contributed by atoms with Crippen molar-refractivity contribution < 1.29 is 37.9 Å². The first-order valence-corrected chi connectivity index (χ1v) is 18.1. The Morgan fingerprint density at radius 2 is 1.23 bits per heavy atom. The Bertz CT molecular complexity index is 1550. The maximum Gasteiger partial charge on any atom is 0.338 e. The van der Waals surface area contributed by atoms with E-state index in [-0.39, 0.29) is 17.0 Å². The Kier molecular flexibility index (Phi) is 12.0. The van der Waals surface area contributed by atoms with Crippen LogP contribution in [0.5, 0.6) is 0 Å². The molecule has 11 heteroatoms. The third kappa shape index (κ3) is 8.89. The Balaban J connectivity index is 1.63. The molecule has 2 heterocycles. The van der Waals surface area contributed by atoms with Crippen LogP contribution in [0, 0.1) is 5.92 Å². The summed E-state index contributed by atoms with van der Waals surface area (Å²) in [5, 5.41) is 0. The Morgan fingerprint density at radius 3 is 1.71 bits per heavy atom. The van der Waals surface area contributed by atoms with Crippen LogP contribution >= 0.6 is 11.8 Å². The number of fused-ring (bicyclic) bond motifs is 2. The Labute approximate surface area is 289 Å². The fraction of sp³-hybridized carbons (Fsp3) is 0.378. The van der Waals surface area contributed by atoms with E-state index in [1.807, 2.05) is 33.8 Å².